The predicted octanol–water partition coefficient (Wildman–Crippen LogP) is -3.54. The van der Waals surface area contributed by atoms with E-state index in [1.807, 2.05) is 0 Å². The minimum atomic E-state index is -4.85. The van der Waals surface area contributed by atoms with Crippen molar-refractivity contribution in [3.05, 3.63) is 0 Å². The summed E-state index contributed by atoms with van der Waals surface area (Å²) < 4.78 is 72.5. The van der Waals surface area contributed by atoms with Gasteiger partial charge in [-0.15, -0.1) is 6.61 Å². The van der Waals surface area contributed by atoms with Crippen LogP contribution in [-0.4, -0.2) is 72.7 Å². The van der Waals surface area contributed by atoms with E-state index < -0.39 is 54.2 Å². The summed E-state index contributed by atoms with van der Waals surface area (Å²) in [7, 11) is 0. The van der Waals surface area contributed by atoms with Gasteiger partial charge in [0.05, 0.1) is 6.61 Å². The molecule has 0 radical (unpaired) electrons. The molecule has 12 nitrogen and oxygen atoms in total. The van der Waals surface area contributed by atoms with Crippen molar-refractivity contribution in [2.75, 3.05) is 19.8 Å². The Bertz CT molecular complexity index is 675. The number of alkyl halides is 6. The van der Waals surface area contributed by atoms with Gasteiger partial charge in [-0.1, -0.05) is 14.4 Å². The van der Waals surface area contributed by atoms with Gasteiger partial charge < -0.3 is 31.7 Å². The number of nitrogens with zero attached hydrogens (tertiary/aromatic N) is 1. The number of aliphatic hydroxyl groups is 1. The number of amides is 4. The van der Waals surface area contributed by atoms with Crippen LogP contribution in [0.25, 0.3) is 0 Å². The number of hydrogen-bond donors (Lipinski definition) is 4. The molecule has 1 rings (SSSR count). The average molecular weight is 554 g/mol. The van der Waals surface area contributed by atoms with Crippen molar-refractivity contribution in [2.24, 2.45) is 16.5 Å². The van der Waals surface area contributed by atoms with Crippen molar-refractivity contribution >= 4 is 35.4 Å². The van der Waals surface area contributed by atoms with E-state index in [4.69, 9.17) is 10.2 Å². The van der Waals surface area contributed by atoms with Gasteiger partial charge in [-0.3, -0.25) is 19.2 Å². The number of aliphatic imine (C=N–C) groups is 1. The van der Waals surface area contributed by atoms with Crippen LogP contribution in [0.2, 0.25) is 0 Å². The van der Waals surface area contributed by atoms with Gasteiger partial charge in [0, 0.05) is 6.61 Å². The summed E-state index contributed by atoms with van der Waals surface area (Å²) in [5.74, 6) is -7.11. The number of halogens is 6. The first-order valence-corrected chi connectivity index (χ1v) is 8.81. The standard InChI is InChI=1S/C5H3F3N2O2.C4H5F3O2.C3H6N2O2.C2H6O.C2H5O.CH4.Na/c6-5(7,8)4-9-2(11)1-3(12)10-4;1-2-9-3(8)4(5,6)7;4-2(6)1-3(5)7;2*1-2-3;;/h1H2,(H,9,10,11,12);2H2,1H3;1H2,(H2,4,6)(H2,5,7);3H,2H2,1H3;2H2,1H3;1H4;/q;;;;-1;;+1. The van der Waals surface area contributed by atoms with Gasteiger partial charge in [0.25, 0.3) is 5.91 Å². The molecule has 1 heterocycles. The van der Waals surface area contributed by atoms with Gasteiger partial charge in [0.15, 0.2) is 0 Å². The topological polar surface area (TPSA) is 214 Å². The number of amidine groups is 1. The van der Waals surface area contributed by atoms with E-state index in [2.05, 4.69) is 21.2 Å². The first kappa shape index (κ1) is 47.0. The van der Waals surface area contributed by atoms with Crippen LogP contribution in [0.3, 0.4) is 0 Å². The Morgan fingerprint density at radius 1 is 1.06 bits per heavy atom. The van der Waals surface area contributed by atoms with Gasteiger partial charge in [0.1, 0.15) is 12.8 Å². The summed E-state index contributed by atoms with van der Waals surface area (Å²) in [5.41, 5.74) is 9.11. The molecule has 1 aliphatic heterocycles. The molecule has 0 atom stereocenters. The maximum absolute atomic E-state index is 11.8. The summed E-state index contributed by atoms with van der Waals surface area (Å²) in [6.45, 7) is 4.56. The van der Waals surface area contributed by atoms with Crippen LogP contribution < -0.4 is 51.4 Å². The van der Waals surface area contributed by atoms with Gasteiger partial charge in [0.2, 0.25) is 23.6 Å². The van der Waals surface area contributed by atoms with Crippen LogP contribution >= 0.6 is 0 Å². The molecule has 6 N–H and O–H groups in total. The molecule has 0 aromatic rings. The van der Waals surface area contributed by atoms with Crippen molar-refractivity contribution in [3.63, 3.8) is 0 Å². The SMILES string of the molecule is C.CCO.CCOC(=O)C(F)(F)F.CC[O-].NC(=O)CC(N)=O.O=C1CC(=O)NC(C(F)(F)F)=N1.[Na+]. The number of rotatable bonds is 3. The van der Waals surface area contributed by atoms with Gasteiger partial charge >= 0.3 is 47.9 Å². The molecule has 0 spiro atoms. The van der Waals surface area contributed by atoms with Gasteiger partial charge in [-0.2, -0.15) is 31.3 Å². The minimum Gasteiger partial charge on any atom is -0.855 e. The van der Waals surface area contributed by atoms with E-state index in [-0.39, 0.29) is 63.2 Å². The van der Waals surface area contributed by atoms with Crippen molar-refractivity contribution < 1.29 is 94.8 Å². The Kier molecular flexibility index (Phi) is 33.7. The van der Waals surface area contributed by atoms with Crippen molar-refractivity contribution in [3.8, 4) is 0 Å². The molecule has 0 unspecified atom stereocenters. The zero-order valence-electron chi connectivity index (χ0n) is 19.2. The number of esters is 1. The predicted molar refractivity (Wildman–Crippen MR) is 107 cm³/mol. The smallest absolute Gasteiger partial charge is 0.855 e. The number of nitrogens with two attached hydrogens (primary N) is 2. The van der Waals surface area contributed by atoms with Crippen LogP contribution in [0.1, 0.15) is 41.0 Å². The van der Waals surface area contributed by atoms with Crippen molar-refractivity contribution in [2.45, 2.75) is 53.4 Å². The van der Waals surface area contributed by atoms with Crippen molar-refractivity contribution in [1.82, 2.24) is 5.32 Å². The summed E-state index contributed by atoms with van der Waals surface area (Å²) >= 11 is 0. The van der Waals surface area contributed by atoms with Crippen LogP contribution in [0.15, 0.2) is 4.99 Å². The number of ether oxygens (including phenoxy) is 1. The number of carbonyl (C=O) groups is 5. The average Bonchev–Trinajstić information content (AvgIpc) is 2.61. The molecule has 1 aliphatic rings. The quantitative estimate of drug-likeness (QED) is 0.118. The first-order valence-electron chi connectivity index (χ1n) is 8.81. The van der Waals surface area contributed by atoms with E-state index in [1.165, 1.54) is 12.2 Å². The van der Waals surface area contributed by atoms with Crippen LogP contribution in [0.4, 0.5) is 26.3 Å². The molecule has 19 heteroatoms. The number of aliphatic hydroxyl groups excluding tert-OH is 1. The second kappa shape index (κ2) is 25.8. The van der Waals surface area contributed by atoms with Crippen LogP contribution in [0.5, 0.6) is 0 Å². The molecule has 0 bridgehead atoms. The number of carbonyl (C=O) groups excluding carboxylic acids is 5. The summed E-state index contributed by atoms with van der Waals surface area (Å²) in [6.07, 6.45) is -10.6. The van der Waals surface area contributed by atoms with E-state index in [9.17, 15) is 50.3 Å². The molecule has 0 aromatic heterocycles. The third-order valence-electron chi connectivity index (χ3n) is 1.93. The third-order valence-corrected chi connectivity index (χ3v) is 1.93. The van der Waals surface area contributed by atoms with Crippen LogP contribution in [-0.2, 0) is 28.7 Å². The molecule has 0 aromatic carbocycles. The maximum Gasteiger partial charge on any atom is 1.00 e. The number of primary amides is 2. The third kappa shape index (κ3) is 36.3. The Morgan fingerprint density at radius 3 is 1.58 bits per heavy atom. The van der Waals surface area contributed by atoms with E-state index in [0.717, 1.165) is 0 Å². The molecule has 0 aliphatic carbocycles. The Hall–Kier alpha value is -2.28. The van der Waals surface area contributed by atoms with E-state index in [1.54, 1.807) is 13.8 Å². The Balaban J connectivity index is -0.0000000843. The second-order valence-corrected chi connectivity index (χ2v) is 5.01. The number of hydrogen-bond acceptors (Lipinski definition) is 8. The maximum atomic E-state index is 11.8. The first-order chi connectivity index (χ1) is 15.3. The fourth-order valence-electron chi connectivity index (χ4n) is 1.02. The number of nitrogens with one attached hydrogen (secondary N) is 1. The summed E-state index contributed by atoms with van der Waals surface area (Å²) in [6, 6.07) is 0. The molecule has 0 saturated carbocycles. The van der Waals surface area contributed by atoms with Gasteiger partial charge in [-0.05, 0) is 13.8 Å². The van der Waals surface area contributed by atoms with E-state index >= 15 is 0 Å². The van der Waals surface area contributed by atoms with Crippen molar-refractivity contribution in [1.29, 1.82) is 0 Å². The van der Waals surface area contributed by atoms with E-state index in [0.29, 0.717) is 0 Å². The normalized spacial score (nSPS) is 11.6. The molecule has 0 fully saturated rings. The Morgan fingerprint density at radius 2 is 1.42 bits per heavy atom. The molecular formula is C17H29F6N4NaO8. The molecule has 4 amide bonds. The fraction of sp³-hybridized carbons (Fsp3) is 0.647. The van der Waals surface area contributed by atoms with Crippen LogP contribution in [0, 0.1) is 0 Å². The Labute approximate surface area is 225 Å². The largest absolute Gasteiger partial charge is 1.00 e. The second-order valence-electron chi connectivity index (χ2n) is 5.01. The summed E-state index contributed by atoms with van der Waals surface area (Å²) in [4.78, 5) is 52.6. The molecule has 0 saturated heterocycles. The summed E-state index contributed by atoms with van der Waals surface area (Å²) in [5, 5.41) is 18.0. The monoisotopic (exact) mass is 554 g/mol. The zero-order chi connectivity index (χ0) is 28.1. The molecular weight excluding hydrogens is 525 g/mol. The zero-order valence-corrected chi connectivity index (χ0v) is 21.2. The van der Waals surface area contributed by atoms with Gasteiger partial charge in [-0.25, -0.2) is 4.79 Å². The minimum absolute atomic E-state index is 0. The molecule has 36 heavy (non-hydrogen) atoms. The fourth-order valence-corrected chi connectivity index (χ4v) is 1.02. The molecule has 208 valence electrons.